The minimum atomic E-state index is -1.58. The van der Waals surface area contributed by atoms with Gasteiger partial charge in [-0.3, -0.25) is 15.3 Å². The van der Waals surface area contributed by atoms with E-state index in [2.05, 4.69) is 27.5 Å². The van der Waals surface area contributed by atoms with E-state index < -0.39 is 17.6 Å². The molecule has 2 aliphatic carbocycles. The van der Waals surface area contributed by atoms with Gasteiger partial charge in [0.2, 0.25) is 5.76 Å². The Morgan fingerprint density at radius 2 is 2.11 bits per heavy atom. The minimum absolute atomic E-state index is 0.114. The molecule has 0 radical (unpaired) electrons. The van der Waals surface area contributed by atoms with E-state index in [1.54, 1.807) is 17.6 Å². The molecule has 148 valence electrons. The highest BCUT2D eigenvalue weighted by Gasteiger charge is 2.43. The number of aliphatic hydroxyl groups is 1. The number of aromatic nitrogens is 2. The van der Waals surface area contributed by atoms with Crippen LogP contribution in [0.15, 0.2) is 21.2 Å². The summed E-state index contributed by atoms with van der Waals surface area (Å²) in [7, 11) is 0. The molecule has 28 heavy (non-hydrogen) atoms. The molecule has 0 aromatic carbocycles. The summed E-state index contributed by atoms with van der Waals surface area (Å²) in [6.45, 7) is 1.57. The Morgan fingerprint density at radius 3 is 2.79 bits per heavy atom. The molecule has 0 bridgehead atoms. The van der Waals surface area contributed by atoms with Gasteiger partial charge in [-0.25, -0.2) is 5.48 Å². The Balaban J connectivity index is 1.46. The Morgan fingerprint density at radius 1 is 1.32 bits per heavy atom. The lowest BCUT2D eigenvalue weighted by atomic mass is 9.91. The van der Waals surface area contributed by atoms with E-state index in [-0.39, 0.29) is 12.2 Å². The van der Waals surface area contributed by atoms with E-state index >= 15 is 0 Å². The number of rotatable bonds is 7. The third-order valence-electron chi connectivity index (χ3n) is 5.10. The summed E-state index contributed by atoms with van der Waals surface area (Å²) in [6.07, 6.45) is 2.93. The van der Waals surface area contributed by atoms with Crippen molar-refractivity contribution in [3.8, 4) is 11.8 Å². The Labute approximate surface area is 161 Å². The lowest BCUT2D eigenvalue weighted by Gasteiger charge is -2.31. The van der Waals surface area contributed by atoms with Gasteiger partial charge in [-0.05, 0) is 38.5 Å². The van der Waals surface area contributed by atoms with E-state index in [9.17, 15) is 9.90 Å². The van der Waals surface area contributed by atoms with Gasteiger partial charge in [0.05, 0.1) is 5.69 Å². The van der Waals surface area contributed by atoms with Crippen molar-refractivity contribution in [2.45, 2.75) is 56.7 Å². The van der Waals surface area contributed by atoms with E-state index in [1.165, 1.54) is 6.92 Å². The highest BCUT2D eigenvalue weighted by Crippen LogP contribution is 2.41. The average molecular weight is 386 g/mol. The van der Waals surface area contributed by atoms with Crippen LogP contribution in [-0.2, 0) is 11.3 Å². The van der Waals surface area contributed by atoms with Crippen LogP contribution in [0.25, 0.3) is 0 Å². The van der Waals surface area contributed by atoms with Crippen LogP contribution in [0.2, 0.25) is 0 Å². The van der Waals surface area contributed by atoms with Crippen LogP contribution < -0.4 is 10.8 Å². The molecule has 2 aromatic heterocycles. The summed E-state index contributed by atoms with van der Waals surface area (Å²) in [4.78, 5) is 12.3. The smallest absolute Gasteiger partial charge is 0.266 e. The first kappa shape index (κ1) is 18.7. The molecule has 4 N–H and O–H groups in total. The molecular weight excluding hydrogens is 364 g/mol. The zero-order valence-electron chi connectivity index (χ0n) is 15.4. The predicted molar refractivity (Wildman–Crippen MR) is 94.7 cm³/mol. The number of nitrogens with zero attached hydrogens (tertiary/aromatic N) is 2. The van der Waals surface area contributed by atoms with Gasteiger partial charge < -0.3 is 14.2 Å². The van der Waals surface area contributed by atoms with Crippen LogP contribution in [0, 0.1) is 17.8 Å². The third-order valence-corrected chi connectivity index (χ3v) is 5.10. The minimum Gasteiger partial charge on any atom is -0.384 e. The molecule has 2 unspecified atom stereocenters. The number of carbonyl (C=O) groups is 1. The van der Waals surface area contributed by atoms with Gasteiger partial charge in [0.1, 0.15) is 23.1 Å². The summed E-state index contributed by atoms with van der Waals surface area (Å²) in [5.41, 5.74) is 0.751. The monoisotopic (exact) mass is 386 g/mol. The highest BCUT2D eigenvalue weighted by atomic mass is 16.5. The fourth-order valence-electron chi connectivity index (χ4n) is 2.84. The number of carbonyl (C=O) groups excluding carboxylic acids is 1. The second-order valence-electron chi connectivity index (χ2n) is 7.55. The third kappa shape index (κ3) is 3.94. The highest BCUT2D eigenvalue weighted by molar-refractivity contribution is 5.85. The molecule has 2 heterocycles. The van der Waals surface area contributed by atoms with Crippen molar-refractivity contribution < 1.29 is 24.2 Å². The molecule has 9 nitrogen and oxygen atoms in total. The molecular formula is C19H22N4O5. The molecule has 2 aromatic rings. The van der Waals surface area contributed by atoms with Gasteiger partial charge in [-0.1, -0.05) is 16.2 Å². The number of hydrogen-bond acceptors (Lipinski definition) is 8. The van der Waals surface area contributed by atoms with E-state index in [1.807, 2.05) is 0 Å². The van der Waals surface area contributed by atoms with Gasteiger partial charge >= 0.3 is 0 Å². The van der Waals surface area contributed by atoms with Crippen molar-refractivity contribution in [1.82, 2.24) is 21.1 Å². The molecule has 1 amide bonds. The lowest BCUT2D eigenvalue weighted by Crippen LogP contribution is -2.57. The van der Waals surface area contributed by atoms with Crippen LogP contribution >= 0.6 is 0 Å². The van der Waals surface area contributed by atoms with Crippen LogP contribution in [0.3, 0.4) is 0 Å². The van der Waals surface area contributed by atoms with Crippen molar-refractivity contribution in [2.24, 2.45) is 5.92 Å². The van der Waals surface area contributed by atoms with Crippen molar-refractivity contribution in [1.29, 1.82) is 0 Å². The molecule has 2 aliphatic rings. The summed E-state index contributed by atoms with van der Waals surface area (Å²) < 4.78 is 10.4. The van der Waals surface area contributed by atoms with E-state index in [0.29, 0.717) is 29.1 Å². The fourth-order valence-corrected chi connectivity index (χ4v) is 2.84. The SMILES string of the molecule is CC(NCc1cc(C#CC2CC2)on1)(C(=O)NO)C(O)c1cc(C2CC2)on1. The molecule has 0 spiro atoms. The number of aliphatic hydroxyl groups excluding tert-OH is 1. The van der Waals surface area contributed by atoms with Gasteiger partial charge in [0.15, 0.2) is 0 Å². The molecule has 0 saturated heterocycles. The Hall–Kier alpha value is -2.67. The second-order valence-corrected chi connectivity index (χ2v) is 7.55. The first-order valence-corrected chi connectivity index (χ1v) is 9.31. The van der Waals surface area contributed by atoms with Crippen LogP contribution in [0.5, 0.6) is 0 Å². The standard InChI is InChI=1S/C19H22N4O5/c1-19(18(25)21-26,17(24)15-9-16(28-23-15)12-5-6-12)20-10-13-8-14(27-22-13)7-4-11-2-3-11/h8-9,11-12,17,20,24,26H,2-3,5-6,10H2,1H3,(H,21,25). The molecule has 9 heteroatoms. The number of hydrogen-bond donors (Lipinski definition) is 4. The maximum Gasteiger partial charge on any atom is 0.266 e. The lowest BCUT2D eigenvalue weighted by molar-refractivity contribution is -0.141. The second kappa shape index (κ2) is 7.39. The van der Waals surface area contributed by atoms with Crippen molar-refractivity contribution >= 4 is 5.91 Å². The summed E-state index contributed by atoms with van der Waals surface area (Å²) in [5, 5.41) is 30.7. The number of hydroxylamine groups is 1. The quantitative estimate of drug-likeness (QED) is 0.319. The van der Waals surface area contributed by atoms with Crippen molar-refractivity contribution in [3.05, 3.63) is 35.0 Å². The zero-order chi connectivity index (χ0) is 19.7. The van der Waals surface area contributed by atoms with Crippen LogP contribution in [-0.4, -0.2) is 32.1 Å². The molecule has 2 saturated carbocycles. The fraction of sp³-hybridized carbons (Fsp3) is 0.526. The van der Waals surface area contributed by atoms with Crippen molar-refractivity contribution in [2.75, 3.05) is 0 Å². The first-order chi connectivity index (χ1) is 13.5. The molecule has 2 fully saturated rings. The summed E-state index contributed by atoms with van der Waals surface area (Å²) in [5.74, 6) is 7.11. The van der Waals surface area contributed by atoms with Crippen molar-refractivity contribution in [3.63, 3.8) is 0 Å². The van der Waals surface area contributed by atoms with Gasteiger partial charge in [0.25, 0.3) is 5.91 Å². The molecule has 2 atom stereocenters. The maximum atomic E-state index is 12.3. The molecule has 0 aliphatic heterocycles. The van der Waals surface area contributed by atoms with Gasteiger partial charge in [-0.2, -0.15) is 0 Å². The first-order valence-electron chi connectivity index (χ1n) is 9.31. The zero-order valence-corrected chi connectivity index (χ0v) is 15.4. The van der Waals surface area contributed by atoms with Gasteiger partial charge in [0, 0.05) is 30.5 Å². The van der Waals surface area contributed by atoms with Crippen LogP contribution in [0.4, 0.5) is 0 Å². The topological polar surface area (TPSA) is 134 Å². The predicted octanol–water partition coefficient (Wildman–Crippen LogP) is 1.39. The number of amides is 1. The maximum absolute atomic E-state index is 12.3. The van der Waals surface area contributed by atoms with E-state index in [0.717, 1.165) is 25.7 Å². The summed E-state index contributed by atoms with van der Waals surface area (Å²) in [6, 6.07) is 3.32. The average Bonchev–Trinajstić information content (AvgIpc) is 3.64. The summed E-state index contributed by atoms with van der Waals surface area (Å²) >= 11 is 0. The van der Waals surface area contributed by atoms with Crippen LogP contribution in [0.1, 0.15) is 67.5 Å². The molecule has 4 rings (SSSR count). The number of nitrogens with one attached hydrogen (secondary N) is 2. The largest absolute Gasteiger partial charge is 0.384 e. The van der Waals surface area contributed by atoms with E-state index in [4.69, 9.17) is 14.3 Å². The Bertz CT molecular complexity index is 918. The normalized spacial score (nSPS) is 19.4. The Kier molecular flexibility index (Phi) is 4.93. The van der Waals surface area contributed by atoms with Gasteiger partial charge in [-0.15, -0.1) is 0 Å².